The van der Waals surface area contributed by atoms with Crippen molar-refractivity contribution >= 4 is 31.6 Å². The zero-order valence-corrected chi connectivity index (χ0v) is 17.1. The second kappa shape index (κ2) is 7.84. The molecule has 0 saturated heterocycles. The molecule has 0 saturated carbocycles. The Hall–Kier alpha value is -2.16. The van der Waals surface area contributed by atoms with Gasteiger partial charge in [0.05, 0.1) is 22.2 Å². The zero-order valence-electron chi connectivity index (χ0n) is 15.5. The van der Waals surface area contributed by atoms with Crippen molar-refractivity contribution in [2.45, 2.75) is 31.3 Å². The maximum atomic E-state index is 12.9. The molecule has 0 N–H and O–H groups in total. The molecule has 0 amide bonds. The number of sulfonamides is 1. The molecule has 8 heteroatoms. The molecule has 144 valence electrons. The molecule has 0 bridgehead atoms. The fourth-order valence-electron chi connectivity index (χ4n) is 2.90. The predicted molar refractivity (Wildman–Crippen MR) is 108 cm³/mol. The first-order valence-electron chi connectivity index (χ1n) is 8.59. The molecule has 0 atom stereocenters. The summed E-state index contributed by atoms with van der Waals surface area (Å²) in [6.07, 6.45) is 0.844. The van der Waals surface area contributed by atoms with Crippen molar-refractivity contribution in [1.29, 1.82) is 0 Å². The summed E-state index contributed by atoms with van der Waals surface area (Å²) in [5, 5.41) is 0. The van der Waals surface area contributed by atoms with Crippen LogP contribution in [0.25, 0.3) is 10.2 Å². The van der Waals surface area contributed by atoms with Crippen molar-refractivity contribution < 1.29 is 13.2 Å². The maximum Gasteiger partial charge on any atom is 0.308 e. The van der Waals surface area contributed by atoms with Crippen molar-refractivity contribution in [3.05, 3.63) is 57.7 Å². The Morgan fingerprint density at radius 1 is 1.15 bits per heavy atom. The van der Waals surface area contributed by atoms with Crippen LogP contribution in [0.5, 0.6) is 5.75 Å². The van der Waals surface area contributed by atoms with Gasteiger partial charge in [0.1, 0.15) is 5.75 Å². The number of rotatable bonds is 7. The van der Waals surface area contributed by atoms with Crippen LogP contribution in [0, 0.1) is 0 Å². The van der Waals surface area contributed by atoms with Gasteiger partial charge in [0, 0.05) is 20.1 Å². The third-order valence-corrected chi connectivity index (χ3v) is 7.10. The number of aryl methyl sites for hydroxylation is 1. The molecule has 0 spiro atoms. The van der Waals surface area contributed by atoms with E-state index in [1.165, 1.54) is 4.31 Å². The van der Waals surface area contributed by atoms with Crippen LogP contribution in [0.4, 0.5) is 0 Å². The number of fused-ring (bicyclic) bond motifs is 1. The molecule has 0 fully saturated rings. The van der Waals surface area contributed by atoms with E-state index in [1.54, 1.807) is 49.1 Å². The van der Waals surface area contributed by atoms with Gasteiger partial charge in [-0.1, -0.05) is 30.4 Å². The molecule has 0 aliphatic rings. The number of ether oxygens (including phenoxy) is 1. The minimum absolute atomic E-state index is 0.0621. The van der Waals surface area contributed by atoms with Crippen molar-refractivity contribution in [1.82, 2.24) is 8.87 Å². The van der Waals surface area contributed by atoms with E-state index in [0.717, 1.165) is 34.6 Å². The molecule has 6 nitrogen and oxygen atoms in total. The fourth-order valence-corrected chi connectivity index (χ4v) is 5.11. The molecule has 3 aromatic rings. The van der Waals surface area contributed by atoms with Gasteiger partial charge in [0.25, 0.3) is 0 Å². The van der Waals surface area contributed by atoms with Crippen molar-refractivity contribution in [2.24, 2.45) is 0 Å². The fraction of sp³-hybridized carbons (Fsp3) is 0.316. The SMILES string of the molecule is CCCn1c(=O)sc2cc(S(=O)(=O)N(C)Cc3ccc(OC)cc3)ccc21. The minimum atomic E-state index is -3.66. The zero-order chi connectivity index (χ0) is 19.6. The summed E-state index contributed by atoms with van der Waals surface area (Å²) < 4.78 is 34.7. The van der Waals surface area contributed by atoms with Gasteiger partial charge >= 0.3 is 4.87 Å². The Bertz CT molecular complexity index is 1100. The van der Waals surface area contributed by atoms with E-state index in [2.05, 4.69) is 0 Å². The topological polar surface area (TPSA) is 68.6 Å². The Kier molecular flexibility index (Phi) is 5.69. The lowest BCUT2D eigenvalue weighted by molar-refractivity contribution is 0.414. The highest BCUT2D eigenvalue weighted by Gasteiger charge is 2.22. The van der Waals surface area contributed by atoms with E-state index < -0.39 is 10.0 Å². The smallest absolute Gasteiger partial charge is 0.308 e. The van der Waals surface area contributed by atoms with Crippen LogP contribution in [0.1, 0.15) is 18.9 Å². The molecule has 0 aliphatic carbocycles. The largest absolute Gasteiger partial charge is 0.497 e. The minimum Gasteiger partial charge on any atom is -0.497 e. The number of aromatic nitrogens is 1. The van der Waals surface area contributed by atoms with Crippen molar-refractivity contribution in [3.8, 4) is 5.75 Å². The van der Waals surface area contributed by atoms with E-state index in [1.807, 2.05) is 19.1 Å². The summed E-state index contributed by atoms with van der Waals surface area (Å²) in [6.45, 7) is 2.88. The van der Waals surface area contributed by atoms with Gasteiger partial charge in [0.2, 0.25) is 10.0 Å². The molecule has 1 aromatic heterocycles. The van der Waals surface area contributed by atoms with Crippen molar-refractivity contribution in [3.63, 3.8) is 0 Å². The van der Waals surface area contributed by atoms with Gasteiger partial charge in [-0.3, -0.25) is 9.36 Å². The molecule has 2 aromatic carbocycles. The molecular formula is C19H22N2O4S2. The summed E-state index contributed by atoms with van der Waals surface area (Å²) in [5.74, 6) is 0.723. The Balaban J connectivity index is 1.89. The third kappa shape index (κ3) is 3.92. The van der Waals surface area contributed by atoms with Crippen LogP contribution in [-0.4, -0.2) is 31.4 Å². The highest BCUT2D eigenvalue weighted by atomic mass is 32.2. The Labute approximate surface area is 162 Å². The van der Waals surface area contributed by atoms with E-state index >= 15 is 0 Å². The summed E-state index contributed by atoms with van der Waals surface area (Å²) >= 11 is 1.08. The van der Waals surface area contributed by atoms with Crippen LogP contribution in [0.3, 0.4) is 0 Å². The molecule has 3 rings (SSSR count). The van der Waals surface area contributed by atoms with Crippen LogP contribution in [0.2, 0.25) is 0 Å². The normalized spacial score (nSPS) is 12.0. The second-order valence-corrected chi connectivity index (χ2v) is 9.30. The summed E-state index contributed by atoms with van der Waals surface area (Å²) in [7, 11) is -0.526. The van der Waals surface area contributed by atoms with E-state index in [9.17, 15) is 13.2 Å². The van der Waals surface area contributed by atoms with Gasteiger partial charge in [-0.25, -0.2) is 8.42 Å². The van der Waals surface area contributed by atoms with Gasteiger partial charge in [-0.05, 0) is 42.3 Å². The molecular weight excluding hydrogens is 384 g/mol. The van der Waals surface area contributed by atoms with Crippen LogP contribution < -0.4 is 9.61 Å². The van der Waals surface area contributed by atoms with Crippen LogP contribution in [0.15, 0.2) is 52.2 Å². The Morgan fingerprint density at radius 3 is 2.48 bits per heavy atom. The first-order chi connectivity index (χ1) is 12.9. The molecule has 0 unspecified atom stereocenters. The number of benzene rings is 2. The average molecular weight is 407 g/mol. The third-order valence-electron chi connectivity index (χ3n) is 4.36. The van der Waals surface area contributed by atoms with Crippen LogP contribution in [-0.2, 0) is 23.1 Å². The number of thiazole rings is 1. The number of hydrogen-bond donors (Lipinski definition) is 0. The van der Waals surface area contributed by atoms with E-state index in [-0.39, 0.29) is 16.3 Å². The monoisotopic (exact) mass is 406 g/mol. The molecule has 0 radical (unpaired) electrons. The first kappa shape index (κ1) is 19.6. The summed E-state index contributed by atoms with van der Waals surface area (Å²) in [5.41, 5.74) is 1.64. The first-order valence-corrected chi connectivity index (χ1v) is 10.8. The Morgan fingerprint density at radius 2 is 1.85 bits per heavy atom. The lowest BCUT2D eigenvalue weighted by atomic mass is 10.2. The van der Waals surface area contributed by atoms with E-state index in [0.29, 0.717) is 11.2 Å². The molecule has 1 heterocycles. The second-order valence-electron chi connectivity index (χ2n) is 6.26. The summed E-state index contributed by atoms with van der Waals surface area (Å²) in [6, 6.07) is 12.2. The van der Waals surface area contributed by atoms with Gasteiger partial charge < -0.3 is 4.74 Å². The highest BCUT2D eigenvalue weighted by molar-refractivity contribution is 7.89. The predicted octanol–water partition coefficient (Wildman–Crippen LogP) is 3.30. The van der Waals surface area contributed by atoms with Gasteiger partial charge in [-0.2, -0.15) is 4.31 Å². The average Bonchev–Trinajstić information content (AvgIpc) is 2.97. The summed E-state index contributed by atoms with van der Waals surface area (Å²) in [4.78, 5) is 12.3. The molecule has 0 aliphatic heterocycles. The van der Waals surface area contributed by atoms with Crippen molar-refractivity contribution in [2.75, 3.05) is 14.2 Å². The lowest BCUT2D eigenvalue weighted by Gasteiger charge is -2.17. The van der Waals surface area contributed by atoms with Gasteiger partial charge in [-0.15, -0.1) is 0 Å². The highest BCUT2D eigenvalue weighted by Crippen LogP contribution is 2.25. The quantitative estimate of drug-likeness (QED) is 0.604. The number of methoxy groups -OCH3 is 1. The van der Waals surface area contributed by atoms with Crippen LogP contribution >= 0.6 is 11.3 Å². The number of hydrogen-bond acceptors (Lipinski definition) is 5. The lowest BCUT2D eigenvalue weighted by Crippen LogP contribution is -2.26. The maximum absolute atomic E-state index is 12.9. The standard InChI is InChI=1S/C19H22N2O4S2/c1-4-11-21-17-10-9-16(12-18(17)26-19(21)22)27(23,24)20(2)13-14-5-7-15(25-3)8-6-14/h5-10,12H,4,11,13H2,1-3H3. The van der Waals surface area contributed by atoms with E-state index in [4.69, 9.17) is 4.74 Å². The van der Waals surface area contributed by atoms with Gasteiger partial charge in [0.15, 0.2) is 0 Å². The molecule has 27 heavy (non-hydrogen) atoms. The number of nitrogens with zero attached hydrogens (tertiary/aromatic N) is 2.